The van der Waals surface area contributed by atoms with E-state index in [4.69, 9.17) is 0 Å². The number of alkyl halides is 3. The highest BCUT2D eigenvalue weighted by Crippen LogP contribution is 2.32. The maximum Gasteiger partial charge on any atom is 0.451 e. The van der Waals surface area contributed by atoms with E-state index in [1.165, 1.54) is 16.2 Å². The van der Waals surface area contributed by atoms with Gasteiger partial charge in [0, 0.05) is 24.0 Å². The highest BCUT2D eigenvalue weighted by atomic mass is 32.1. The fourth-order valence-electron chi connectivity index (χ4n) is 3.61. The van der Waals surface area contributed by atoms with Crippen molar-refractivity contribution >= 4 is 28.0 Å². The summed E-state index contributed by atoms with van der Waals surface area (Å²) in [6.45, 7) is 0.0837. The Morgan fingerprint density at radius 1 is 1.03 bits per heavy atom. The summed E-state index contributed by atoms with van der Waals surface area (Å²) in [7, 11) is 0. The maximum absolute atomic E-state index is 13.0. The lowest BCUT2D eigenvalue weighted by Gasteiger charge is -2.27. The number of aromatic nitrogens is 4. The van der Waals surface area contributed by atoms with Crippen molar-refractivity contribution in [2.24, 2.45) is 0 Å². The molecule has 152 valence electrons. The molecule has 0 atom stereocenters. The molecule has 0 N–H and O–H groups in total. The highest BCUT2D eigenvalue weighted by Gasteiger charge is 2.40. The first kappa shape index (κ1) is 18.7. The number of halogens is 3. The molecule has 0 saturated heterocycles. The van der Waals surface area contributed by atoms with Crippen LogP contribution in [0.25, 0.3) is 21.3 Å². The fourth-order valence-corrected chi connectivity index (χ4v) is 4.44. The van der Waals surface area contributed by atoms with Crippen LogP contribution >= 0.6 is 11.3 Å². The Morgan fingerprint density at radius 2 is 1.83 bits per heavy atom. The standard InChI is InChI=1S/C20H14F3N5OS/c21-20(22,23)19-26-25-16-10-27(8-9-28(16)19)18(29)15-11-30-17(24-15)14-7-3-5-12-4-1-2-6-13(12)14/h1-7,11H,8-10H2. The van der Waals surface area contributed by atoms with Crippen molar-refractivity contribution in [2.45, 2.75) is 19.3 Å². The third kappa shape index (κ3) is 3.13. The van der Waals surface area contributed by atoms with E-state index < -0.39 is 12.0 Å². The molecular weight excluding hydrogens is 415 g/mol. The molecule has 0 saturated carbocycles. The molecule has 1 amide bonds. The van der Waals surface area contributed by atoms with E-state index in [2.05, 4.69) is 15.2 Å². The second-order valence-electron chi connectivity index (χ2n) is 6.88. The first-order valence-electron chi connectivity index (χ1n) is 9.14. The third-order valence-corrected chi connectivity index (χ3v) is 5.91. The van der Waals surface area contributed by atoms with Crippen LogP contribution in [0.15, 0.2) is 47.8 Å². The first-order chi connectivity index (χ1) is 14.4. The van der Waals surface area contributed by atoms with E-state index in [0.29, 0.717) is 0 Å². The Hall–Kier alpha value is -3.27. The largest absolute Gasteiger partial charge is 0.451 e. The first-order valence-corrected chi connectivity index (χ1v) is 10.0. The number of rotatable bonds is 2. The van der Waals surface area contributed by atoms with Crippen molar-refractivity contribution in [1.82, 2.24) is 24.6 Å². The molecule has 0 fully saturated rings. The quantitative estimate of drug-likeness (QED) is 0.478. The van der Waals surface area contributed by atoms with Crippen molar-refractivity contribution in [3.8, 4) is 10.6 Å². The number of nitrogens with zero attached hydrogens (tertiary/aromatic N) is 5. The molecule has 10 heteroatoms. The van der Waals surface area contributed by atoms with Gasteiger partial charge >= 0.3 is 6.18 Å². The van der Waals surface area contributed by atoms with Gasteiger partial charge < -0.3 is 9.47 Å². The van der Waals surface area contributed by atoms with E-state index in [1.54, 1.807) is 5.38 Å². The van der Waals surface area contributed by atoms with Gasteiger partial charge in [0.25, 0.3) is 5.91 Å². The lowest BCUT2D eigenvalue weighted by Crippen LogP contribution is -2.39. The van der Waals surface area contributed by atoms with Gasteiger partial charge in [0.2, 0.25) is 5.82 Å². The molecular formula is C20H14F3N5OS. The third-order valence-electron chi connectivity index (χ3n) is 5.04. The normalized spacial score (nSPS) is 14.2. The molecule has 3 heterocycles. The van der Waals surface area contributed by atoms with E-state index in [1.807, 2.05) is 42.5 Å². The van der Waals surface area contributed by atoms with Crippen molar-refractivity contribution in [3.05, 3.63) is 65.2 Å². The summed E-state index contributed by atoms with van der Waals surface area (Å²) in [6.07, 6.45) is -4.57. The Labute approximate surface area is 172 Å². The molecule has 0 spiro atoms. The molecule has 1 aliphatic heterocycles. The minimum Gasteiger partial charge on any atom is -0.328 e. The maximum atomic E-state index is 13.0. The van der Waals surface area contributed by atoms with Crippen LogP contribution in [0, 0.1) is 0 Å². The minimum atomic E-state index is -4.57. The summed E-state index contributed by atoms with van der Waals surface area (Å²) in [5.74, 6) is -1.25. The van der Waals surface area contributed by atoms with Crippen LogP contribution in [0.4, 0.5) is 13.2 Å². The topological polar surface area (TPSA) is 63.9 Å². The van der Waals surface area contributed by atoms with Gasteiger partial charge in [-0.05, 0) is 10.8 Å². The van der Waals surface area contributed by atoms with Crippen LogP contribution in [-0.2, 0) is 19.3 Å². The zero-order valence-electron chi connectivity index (χ0n) is 15.4. The van der Waals surface area contributed by atoms with Gasteiger partial charge in [0.05, 0.1) is 6.54 Å². The lowest BCUT2D eigenvalue weighted by molar-refractivity contribution is -0.147. The summed E-state index contributed by atoms with van der Waals surface area (Å²) < 4.78 is 40.0. The van der Waals surface area contributed by atoms with E-state index in [9.17, 15) is 18.0 Å². The van der Waals surface area contributed by atoms with Gasteiger partial charge in [0.15, 0.2) is 5.82 Å². The summed E-state index contributed by atoms with van der Waals surface area (Å²) >= 11 is 1.36. The molecule has 0 aliphatic carbocycles. The Kier molecular flexibility index (Phi) is 4.31. The summed E-state index contributed by atoms with van der Waals surface area (Å²) in [5.41, 5.74) is 1.21. The summed E-state index contributed by atoms with van der Waals surface area (Å²) in [4.78, 5) is 18.9. The van der Waals surface area contributed by atoms with Gasteiger partial charge in [-0.1, -0.05) is 42.5 Å². The number of hydrogen-bond acceptors (Lipinski definition) is 5. The molecule has 0 radical (unpaired) electrons. The van der Waals surface area contributed by atoms with Gasteiger partial charge in [-0.15, -0.1) is 21.5 Å². The number of thiazole rings is 1. The second-order valence-corrected chi connectivity index (χ2v) is 7.74. The smallest absolute Gasteiger partial charge is 0.328 e. The zero-order valence-corrected chi connectivity index (χ0v) is 16.2. The van der Waals surface area contributed by atoms with Crippen LogP contribution in [0.2, 0.25) is 0 Å². The predicted octanol–water partition coefficient (Wildman–Crippen LogP) is 4.23. The van der Waals surface area contributed by atoms with Crippen LogP contribution in [0.5, 0.6) is 0 Å². The second kappa shape index (κ2) is 6.91. The minimum absolute atomic E-state index is 0.0107. The fraction of sp³-hybridized carbons (Fsp3) is 0.200. The van der Waals surface area contributed by atoms with Crippen LogP contribution in [0.3, 0.4) is 0 Å². The number of fused-ring (bicyclic) bond motifs is 2. The molecule has 0 bridgehead atoms. The van der Waals surface area contributed by atoms with Crippen LogP contribution < -0.4 is 0 Å². The molecule has 1 aliphatic rings. The van der Waals surface area contributed by atoms with Crippen LogP contribution in [0.1, 0.15) is 22.1 Å². The monoisotopic (exact) mass is 429 g/mol. The summed E-state index contributed by atoms with van der Waals surface area (Å²) in [5, 5.41) is 11.4. The van der Waals surface area contributed by atoms with Crippen molar-refractivity contribution in [2.75, 3.05) is 6.54 Å². The number of hydrogen-bond donors (Lipinski definition) is 0. The molecule has 30 heavy (non-hydrogen) atoms. The van der Waals surface area contributed by atoms with Gasteiger partial charge in [-0.25, -0.2) is 4.98 Å². The van der Waals surface area contributed by atoms with E-state index in [0.717, 1.165) is 25.9 Å². The van der Waals surface area contributed by atoms with Gasteiger partial charge in [-0.3, -0.25) is 4.79 Å². The van der Waals surface area contributed by atoms with E-state index in [-0.39, 0.29) is 37.1 Å². The van der Waals surface area contributed by atoms with Crippen molar-refractivity contribution < 1.29 is 18.0 Å². The molecule has 6 nitrogen and oxygen atoms in total. The molecule has 2 aromatic carbocycles. The van der Waals surface area contributed by atoms with Gasteiger partial charge in [-0.2, -0.15) is 13.2 Å². The molecule has 4 aromatic rings. The number of benzene rings is 2. The molecule has 0 unspecified atom stereocenters. The molecule has 5 rings (SSSR count). The Balaban J connectivity index is 1.41. The zero-order chi connectivity index (χ0) is 20.9. The van der Waals surface area contributed by atoms with E-state index >= 15 is 0 Å². The van der Waals surface area contributed by atoms with Crippen LogP contribution in [-0.4, -0.2) is 37.1 Å². The number of carbonyl (C=O) groups excluding carboxylic acids is 1. The Morgan fingerprint density at radius 3 is 2.67 bits per heavy atom. The van der Waals surface area contributed by atoms with Crippen molar-refractivity contribution in [3.63, 3.8) is 0 Å². The molecule has 2 aromatic heterocycles. The highest BCUT2D eigenvalue weighted by molar-refractivity contribution is 7.13. The van der Waals surface area contributed by atoms with Crippen molar-refractivity contribution in [1.29, 1.82) is 0 Å². The number of amides is 1. The van der Waals surface area contributed by atoms with Gasteiger partial charge in [0.1, 0.15) is 10.7 Å². The SMILES string of the molecule is O=C(c1csc(-c2cccc3ccccc23)n1)N1CCn2c(nnc2C(F)(F)F)C1. The average Bonchev–Trinajstić information content (AvgIpc) is 3.39. The summed E-state index contributed by atoms with van der Waals surface area (Å²) in [6, 6.07) is 13.8. The number of carbonyl (C=O) groups is 1. The lowest BCUT2D eigenvalue weighted by atomic mass is 10.1. The Bertz CT molecular complexity index is 1260. The predicted molar refractivity (Wildman–Crippen MR) is 105 cm³/mol. The average molecular weight is 429 g/mol.